The van der Waals surface area contributed by atoms with Gasteiger partial charge < -0.3 is 10.6 Å². The van der Waals surface area contributed by atoms with Crippen LogP contribution >= 0.6 is 34.3 Å². The van der Waals surface area contributed by atoms with Gasteiger partial charge in [0.05, 0.1) is 22.3 Å². The second kappa shape index (κ2) is 7.99. The number of nitrogens with zero attached hydrogens (tertiary/aromatic N) is 1. The largest absolute Gasteiger partial charge is 0.350 e. The lowest BCUT2D eigenvalue weighted by Gasteiger charge is -2.13. The first-order chi connectivity index (χ1) is 12.4. The highest BCUT2D eigenvalue weighted by molar-refractivity contribution is 7.22. The molecule has 0 aliphatic rings. The molecule has 1 aromatic carbocycles. The van der Waals surface area contributed by atoms with E-state index in [-0.39, 0.29) is 17.9 Å². The van der Waals surface area contributed by atoms with Crippen molar-refractivity contribution in [1.82, 2.24) is 10.3 Å². The SMILES string of the molecule is CC(C)NC(=O)c1ccc(Cl)cc1NC(=O)c1cnc(-c2cccs2)s1. The van der Waals surface area contributed by atoms with Crippen molar-refractivity contribution in [3.63, 3.8) is 0 Å². The zero-order chi connectivity index (χ0) is 18.7. The number of rotatable bonds is 5. The molecule has 2 N–H and O–H groups in total. The van der Waals surface area contributed by atoms with Crippen LogP contribution in [-0.4, -0.2) is 22.8 Å². The molecular weight excluding hydrogens is 390 g/mol. The standard InChI is InChI=1S/C18H16ClN3O2S2/c1-10(2)21-16(23)12-6-5-11(19)8-13(12)22-17(24)15-9-20-18(26-15)14-4-3-7-25-14/h3-10H,1-2H3,(H,21,23)(H,22,24). The molecule has 2 amide bonds. The summed E-state index contributed by atoms with van der Waals surface area (Å²) >= 11 is 8.90. The number of thiophene rings is 1. The van der Waals surface area contributed by atoms with Gasteiger partial charge in [0.1, 0.15) is 9.88 Å². The maximum absolute atomic E-state index is 12.6. The van der Waals surface area contributed by atoms with Gasteiger partial charge in [-0.05, 0) is 43.5 Å². The molecule has 134 valence electrons. The van der Waals surface area contributed by atoms with E-state index >= 15 is 0 Å². The van der Waals surface area contributed by atoms with Gasteiger partial charge in [-0.3, -0.25) is 9.59 Å². The number of benzene rings is 1. The van der Waals surface area contributed by atoms with E-state index in [0.717, 1.165) is 9.88 Å². The number of amides is 2. The van der Waals surface area contributed by atoms with Crippen molar-refractivity contribution in [2.24, 2.45) is 0 Å². The van der Waals surface area contributed by atoms with E-state index in [2.05, 4.69) is 15.6 Å². The predicted octanol–water partition coefficient (Wildman–Crippen LogP) is 4.92. The number of halogens is 1. The van der Waals surface area contributed by atoms with Crippen LogP contribution in [0.5, 0.6) is 0 Å². The highest BCUT2D eigenvalue weighted by atomic mass is 35.5. The molecule has 26 heavy (non-hydrogen) atoms. The lowest BCUT2D eigenvalue weighted by Crippen LogP contribution is -2.31. The number of carbonyl (C=O) groups excluding carboxylic acids is 2. The van der Waals surface area contributed by atoms with Crippen molar-refractivity contribution < 1.29 is 9.59 Å². The Morgan fingerprint density at radius 1 is 1.19 bits per heavy atom. The number of carbonyl (C=O) groups is 2. The lowest BCUT2D eigenvalue weighted by atomic mass is 10.1. The monoisotopic (exact) mass is 405 g/mol. The van der Waals surface area contributed by atoms with Crippen LogP contribution in [0.1, 0.15) is 33.9 Å². The van der Waals surface area contributed by atoms with Crippen molar-refractivity contribution in [3.8, 4) is 9.88 Å². The third-order valence-corrected chi connectivity index (χ3v) is 5.63. The fourth-order valence-electron chi connectivity index (χ4n) is 2.23. The first kappa shape index (κ1) is 18.6. The van der Waals surface area contributed by atoms with Gasteiger partial charge in [0.2, 0.25) is 0 Å². The van der Waals surface area contributed by atoms with Crippen LogP contribution in [0.25, 0.3) is 9.88 Å². The van der Waals surface area contributed by atoms with Gasteiger partial charge in [-0.1, -0.05) is 17.7 Å². The Labute approximate surface area is 164 Å². The van der Waals surface area contributed by atoms with Gasteiger partial charge in [0.15, 0.2) is 0 Å². The van der Waals surface area contributed by atoms with Crippen LogP contribution < -0.4 is 10.6 Å². The van der Waals surface area contributed by atoms with Gasteiger partial charge in [-0.2, -0.15) is 0 Å². The second-order valence-corrected chi connectivity index (χ2v) is 8.19. The van der Waals surface area contributed by atoms with E-state index < -0.39 is 0 Å². The van der Waals surface area contributed by atoms with E-state index in [1.54, 1.807) is 29.5 Å². The highest BCUT2D eigenvalue weighted by Gasteiger charge is 2.17. The topological polar surface area (TPSA) is 71.1 Å². The van der Waals surface area contributed by atoms with Crippen LogP contribution in [-0.2, 0) is 0 Å². The Balaban J connectivity index is 1.83. The molecule has 3 rings (SSSR count). The molecule has 0 aliphatic heterocycles. The van der Waals surface area contributed by atoms with E-state index in [0.29, 0.717) is 21.2 Å². The number of anilines is 1. The molecule has 0 unspecified atom stereocenters. The number of thiazole rings is 1. The van der Waals surface area contributed by atoms with E-state index in [1.165, 1.54) is 17.5 Å². The number of hydrogen-bond donors (Lipinski definition) is 2. The van der Waals surface area contributed by atoms with Gasteiger partial charge >= 0.3 is 0 Å². The summed E-state index contributed by atoms with van der Waals surface area (Å²) < 4.78 is 0. The summed E-state index contributed by atoms with van der Waals surface area (Å²) in [6, 6.07) is 8.66. The summed E-state index contributed by atoms with van der Waals surface area (Å²) in [4.78, 5) is 30.7. The molecular formula is C18H16ClN3O2S2. The maximum Gasteiger partial charge on any atom is 0.267 e. The van der Waals surface area contributed by atoms with Crippen LogP contribution in [0.3, 0.4) is 0 Å². The maximum atomic E-state index is 12.6. The van der Waals surface area contributed by atoms with E-state index in [9.17, 15) is 9.59 Å². The molecule has 0 bridgehead atoms. The van der Waals surface area contributed by atoms with Crippen molar-refractivity contribution in [2.75, 3.05) is 5.32 Å². The van der Waals surface area contributed by atoms with Gasteiger partial charge in [0.25, 0.3) is 11.8 Å². The number of aromatic nitrogens is 1. The zero-order valence-electron chi connectivity index (χ0n) is 14.1. The second-order valence-electron chi connectivity index (χ2n) is 5.78. The summed E-state index contributed by atoms with van der Waals surface area (Å²) in [7, 11) is 0. The summed E-state index contributed by atoms with van der Waals surface area (Å²) in [5.41, 5.74) is 0.728. The molecule has 3 aromatic rings. The molecule has 0 spiro atoms. The highest BCUT2D eigenvalue weighted by Crippen LogP contribution is 2.30. The third kappa shape index (κ3) is 4.30. The minimum Gasteiger partial charge on any atom is -0.350 e. The van der Waals surface area contributed by atoms with Gasteiger partial charge in [-0.25, -0.2) is 4.98 Å². The Morgan fingerprint density at radius 3 is 2.69 bits per heavy atom. The van der Waals surface area contributed by atoms with Gasteiger partial charge in [0, 0.05) is 11.1 Å². The van der Waals surface area contributed by atoms with Crippen molar-refractivity contribution in [3.05, 3.63) is 57.4 Å². The molecule has 5 nitrogen and oxygen atoms in total. The average molecular weight is 406 g/mol. The molecule has 0 atom stereocenters. The van der Waals surface area contributed by atoms with Crippen LogP contribution in [0.2, 0.25) is 5.02 Å². The Kier molecular flexibility index (Phi) is 5.70. The molecule has 0 fully saturated rings. The average Bonchev–Trinajstić information content (AvgIpc) is 3.25. The van der Waals surface area contributed by atoms with Crippen molar-refractivity contribution in [2.45, 2.75) is 19.9 Å². The van der Waals surface area contributed by atoms with Crippen molar-refractivity contribution >= 4 is 51.8 Å². The van der Waals surface area contributed by atoms with Gasteiger partial charge in [-0.15, -0.1) is 22.7 Å². The van der Waals surface area contributed by atoms with E-state index in [4.69, 9.17) is 11.6 Å². The minimum atomic E-state index is -0.328. The number of hydrogen-bond acceptors (Lipinski definition) is 5. The smallest absolute Gasteiger partial charge is 0.267 e. The molecule has 0 radical (unpaired) electrons. The Bertz CT molecular complexity index is 936. The van der Waals surface area contributed by atoms with Crippen LogP contribution in [0.4, 0.5) is 5.69 Å². The normalized spacial score (nSPS) is 10.8. The quantitative estimate of drug-likeness (QED) is 0.633. The summed E-state index contributed by atoms with van der Waals surface area (Å²) in [6.45, 7) is 3.74. The number of nitrogens with one attached hydrogen (secondary N) is 2. The molecule has 0 saturated carbocycles. The Morgan fingerprint density at radius 2 is 2.00 bits per heavy atom. The first-order valence-electron chi connectivity index (χ1n) is 7.85. The third-order valence-electron chi connectivity index (χ3n) is 3.36. The summed E-state index contributed by atoms with van der Waals surface area (Å²) in [5.74, 6) is -0.596. The van der Waals surface area contributed by atoms with Crippen molar-refractivity contribution in [1.29, 1.82) is 0 Å². The lowest BCUT2D eigenvalue weighted by molar-refractivity contribution is 0.0944. The molecule has 0 aliphatic carbocycles. The molecule has 0 saturated heterocycles. The van der Waals surface area contributed by atoms with Crippen LogP contribution in [0.15, 0.2) is 41.9 Å². The molecule has 2 aromatic heterocycles. The molecule has 8 heteroatoms. The summed E-state index contributed by atoms with van der Waals surface area (Å²) in [5, 5.41) is 8.76. The summed E-state index contributed by atoms with van der Waals surface area (Å²) in [6.07, 6.45) is 1.54. The van der Waals surface area contributed by atoms with Crippen LogP contribution in [0, 0.1) is 0 Å². The fraction of sp³-hybridized carbons (Fsp3) is 0.167. The first-order valence-corrected chi connectivity index (χ1v) is 9.93. The molecule has 2 heterocycles. The fourth-order valence-corrected chi connectivity index (χ4v) is 4.02. The minimum absolute atomic E-state index is 0.0171. The Hall–Kier alpha value is -2.22. The zero-order valence-corrected chi connectivity index (χ0v) is 16.5. The van der Waals surface area contributed by atoms with E-state index in [1.807, 2.05) is 31.4 Å². The predicted molar refractivity (Wildman–Crippen MR) is 107 cm³/mol.